The SMILES string of the molecule is CCc1cc(NCCOCC(C)C)c([N+](=O)[O-])cc1Cl. The Hall–Kier alpha value is -1.33. The molecule has 0 bridgehead atoms. The molecule has 0 aliphatic heterocycles. The van der Waals surface area contributed by atoms with Crippen LogP contribution < -0.4 is 5.32 Å². The van der Waals surface area contributed by atoms with Crippen molar-refractivity contribution in [2.24, 2.45) is 5.92 Å². The Morgan fingerprint density at radius 1 is 1.45 bits per heavy atom. The standard InChI is InChI=1S/C14H21ClN2O3/c1-4-11-7-13(14(17(18)19)8-12(11)15)16-5-6-20-9-10(2)3/h7-8,10,16H,4-6,9H2,1-3H3. The molecule has 0 unspecified atom stereocenters. The Kier molecular flexibility index (Phi) is 6.75. The number of hydrogen-bond donors (Lipinski definition) is 1. The first kappa shape index (κ1) is 16.7. The highest BCUT2D eigenvalue weighted by Gasteiger charge is 2.16. The van der Waals surface area contributed by atoms with E-state index >= 15 is 0 Å². The summed E-state index contributed by atoms with van der Waals surface area (Å²) in [6.45, 7) is 7.83. The second-order valence-electron chi connectivity index (χ2n) is 4.97. The van der Waals surface area contributed by atoms with Gasteiger partial charge in [-0.1, -0.05) is 32.4 Å². The van der Waals surface area contributed by atoms with Gasteiger partial charge in [0.05, 0.1) is 16.6 Å². The predicted molar refractivity (Wildman–Crippen MR) is 81.6 cm³/mol. The molecule has 1 aromatic carbocycles. The summed E-state index contributed by atoms with van der Waals surface area (Å²) in [7, 11) is 0. The van der Waals surface area contributed by atoms with E-state index in [0.29, 0.717) is 36.4 Å². The molecule has 1 aromatic rings. The van der Waals surface area contributed by atoms with Crippen molar-refractivity contribution in [3.8, 4) is 0 Å². The zero-order chi connectivity index (χ0) is 15.1. The number of nitro groups is 1. The summed E-state index contributed by atoms with van der Waals surface area (Å²) >= 11 is 6.01. The van der Waals surface area contributed by atoms with E-state index in [1.54, 1.807) is 6.07 Å². The Morgan fingerprint density at radius 3 is 2.70 bits per heavy atom. The summed E-state index contributed by atoms with van der Waals surface area (Å²) in [4.78, 5) is 10.6. The van der Waals surface area contributed by atoms with Crippen LogP contribution in [-0.4, -0.2) is 24.7 Å². The van der Waals surface area contributed by atoms with Gasteiger partial charge in [0.2, 0.25) is 0 Å². The quantitative estimate of drug-likeness (QED) is 0.449. The summed E-state index contributed by atoms with van der Waals surface area (Å²) < 4.78 is 5.44. The topological polar surface area (TPSA) is 64.4 Å². The number of nitro benzene ring substituents is 1. The molecule has 0 fully saturated rings. The molecule has 0 spiro atoms. The third kappa shape index (κ3) is 4.98. The van der Waals surface area contributed by atoms with Crippen LogP contribution in [0.3, 0.4) is 0 Å². The molecule has 0 atom stereocenters. The van der Waals surface area contributed by atoms with Gasteiger partial charge in [0.25, 0.3) is 5.69 Å². The molecular formula is C14H21ClN2O3. The fraction of sp³-hybridized carbons (Fsp3) is 0.571. The van der Waals surface area contributed by atoms with Crippen LogP contribution in [-0.2, 0) is 11.2 Å². The number of ether oxygens (including phenoxy) is 1. The van der Waals surface area contributed by atoms with Gasteiger partial charge in [-0.25, -0.2) is 0 Å². The van der Waals surface area contributed by atoms with Gasteiger partial charge in [0, 0.05) is 19.2 Å². The molecule has 5 nitrogen and oxygen atoms in total. The maximum Gasteiger partial charge on any atom is 0.293 e. The zero-order valence-electron chi connectivity index (χ0n) is 12.1. The van der Waals surface area contributed by atoms with Crippen molar-refractivity contribution >= 4 is 23.0 Å². The average molecular weight is 301 g/mol. The number of hydrogen-bond acceptors (Lipinski definition) is 4. The lowest BCUT2D eigenvalue weighted by Crippen LogP contribution is -2.13. The molecular weight excluding hydrogens is 280 g/mol. The van der Waals surface area contributed by atoms with Crippen LogP contribution in [0.4, 0.5) is 11.4 Å². The molecule has 1 rings (SSSR count). The number of anilines is 1. The number of nitrogens with zero attached hydrogens (tertiary/aromatic N) is 1. The zero-order valence-corrected chi connectivity index (χ0v) is 12.9. The van der Waals surface area contributed by atoms with Crippen molar-refractivity contribution in [3.05, 3.63) is 32.8 Å². The average Bonchev–Trinajstić information content (AvgIpc) is 2.38. The summed E-state index contributed by atoms with van der Waals surface area (Å²) in [5.41, 5.74) is 1.38. The van der Waals surface area contributed by atoms with Gasteiger partial charge in [0.15, 0.2) is 0 Å². The maximum atomic E-state index is 11.0. The Labute approximate surface area is 124 Å². The fourth-order valence-electron chi connectivity index (χ4n) is 1.75. The highest BCUT2D eigenvalue weighted by atomic mass is 35.5. The minimum Gasteiger partial charge on any atom is -0.379 e. The molecule has 0 saturated heterocycles. The summed E-state index contributed by atoms with van der Waals surface area (Å²) in [6.07, 6.45) is 0.732. The number of rotatable bonds is 8. The van der Waals surface area contributed by atoms with Crippen molar-refractivity contribution < 1.29 is 9.66 Å². The maximum absolute atomic E-state index is 11.0. The van der Waals surface area contributed by atoms with Gasteiger partial charge < -0.3 is 10.1 Å². The van der Waals surface area contributed by atoms with E-state index in [1.807, 2.05) is 6.92 Å². The van der Waals surface area contributed by atoms with Crippen LogP contribution in [0.15, 0.2) is 12.1 Å². The first-order chi connectivity index (χ1) is 9.45. The number of nitrogens with one attached hydrogen (secondary N) is 1. The molecule has 0 radical (unpaired) electrons. The van der Waals surface area contributed by atoms with Gasteiger partial charge >= 0.3 is 0 Å². The van der Waals surface area contributed by atoms with Crippen LogP contribution in [0.5, 0.6) is 0 Å². The number of halogens is 1. The van der Waals surface area contributed by atoms with E-state index in [0.717, 1.165) is 12.0 Å². The van der Waals surface area contributed by atoms with Crippen LogP contribution in [0.1, 0.15) is 26.3 Å². The number of benzene rings is 1. The highest BCUT2D eigenvalue weighted by molar-refractivity contribution is 6.31. The Morgan fingerprint density at radius 2 is 2.15 bits per heavy atom. The largest absolute Gasteiger partial charge is 0.379 e. The molecule has 0 amide bonds. The Bertz CT molecular complexity index is 464. The van der Waals surface area contributed by atoms with E-state index in [1.165, 1.54) is 6.07 Å². The first-order valence-corrected chi connectivity index (χ1v) is 7.11. The molecule has 112 valence electrons. The molecule has 1 N–H and O–H groups in total. The number of aryl methyl sites for hydroxylation is 1. The van der Waals surface area contributed by atoms with Crippen molar-refractivity contribution in [3.63, 3.8) is 0 Å². The Balaban J connectivity index is 2.69. The lowest BCUT2D eigenvalue weighted by Gasteiger charge is -2.11. The molecule has 0 aromatic heterocycles. The first-order valence-electron chi connectivity index (χ1n) is 6.74. The second-order valence-corrected chi connectivity index (χ2v) is 5.37. The highest BCUT2D eigenvalue weighted by Crippen LogP contribution is 2.31. The lowest BCUT2D eigenvalue weighted by atomic mass is 10.1. The molecule has 0 aliphatic carbocycles. The van der Waals surface area contributed by atoms with Crippen molar-refractivity contribution in [1.82, 2.24) is 0 Å². The van der Waals surface area contributed by atoms with Gasteiger partial charge in [-0.15, -0.1) is 0 Å². The van der Waals surface area contributed by atoms with E-state index in [-0.39, 0.29) is 5.69 Å². The van der Waals surface area contributed by atoms with Gasteiger partial charge in [0.1, 0.15) is 5.69 Å². The molecule has 0 heterocycles. The third-order valence-electron chi connectivity index (χ3n) is 2.76. The predicted octanol–water partition coefficient (Wildman–Crippen LogP) is 3.90. The summed E-state index contributed by atoms with van der Waals surface area (Å²) in [5, 5.41) is 14.5. The van der Waals surface area contributed by atoms with Crippen molar-refractivity contribution in [2.75, 3.05) is 25.1 Å². The minimum absolute atomic E-state index is 0.00365. The van der Waals surface area contributed by atoms with Gasteiger partial charge in [-0.05, 0) is 24.0 Å². The van der Waals surface area contributed by atoms with Crippen LogP contribution in [0.25, 0.3) is 0 Å². The molecule has 0 saturated carbocycles. The van der Waals surface area contributed by atoms with E-state index in [4.69, 9.17) is 16.3 Å². The van der Waals surface area contributed by atoms with Gasteiger partial charge in [-0.3, -0.25) is 10.1 Å². The third-order valence-corrected chi connectivity index (χ3v) is 3.11. The molecule has 6 heteroatoms. The van der Waals surface area contributed by atoms with Crippen LogP contribution >= 0.6 is 11.6 Å². The normalized spacial score (nSPS) is 10.8. The molecule has 20 heavy (non-hydrogen) atoms. The fourth-order valence-corrected chi connectivity index (χ4v) is 2.04. The van der Waals surface area contributed by atoms with Crippen molar-refractivity contribution in [2.45, 2.75) is 27.2 Å². The van der Waals surface area contributed by atoms with Crippen LogP contribution in [0, 0.1) is 16.0 Å². The minimum atomic E-state index is -0.428. The van der Waals surface area contributed by atoms with E-state index in [2.05, 4.69) is 19.2 Å². The summed E-state index contributed by atoms with van der Waals surface area (Å²) in [6, 6.07) is 3.14. The van der Waals surface area contributed by atoms with E-state index in [9.17, 15) is 10.1 Å². The summed E-state index contributed by atoms with van der Waals surface area (Å²) in [5.74, 6) is 0.478. The van der Waals surface area contributed by atoms with Crippen molar-refractivity contribution in [1.29, 1.82) is 0 Å². The second kappa shape index (κ2) is 8.07. The lowest BCUT2D eigenvalue weighted by molar-refractivity contribution is -0.384. The smallest absolute Gasteiger partial charge is 0.293 e. The van der Waals surface area contributed by atoms with E-state index < -0.39 is 4.92 Å². The van der Waals surface area contributed by atoms with Crippen LogP contribution in [0.2, 0.25) is 5.02 Å². The monoisotopic (exact) mass is 300 g/mol. The molecule has 0 aliphatic rings. The van der Waals surface area contributed by atoms with Gasteiger partial charge in [-0.2, -0.15) is 0 Å².